The van der Waals surface area contributed by atoms with Crippen LogP contribution in [-0.2, 0) is 20.0 Å². The van der Waals surface area contributed by atoms with Crippen LogP contribution in [0.3, 0.4) is 0 Å². The van der Waals surface area contributed by atoms with Crippen LogP contribution in [-0.4, -0.2) is 52.1 Å². The Labute approximate surface area is 151 Å². The molecule has 0 bridgehead atoms. The van der Waals surface area contributed by atoms with Crippen molar-refractivity contribution in [3.8, 4) is 0 Å². The Morgan fingerprint density at radius 3 is 2.68 bits per heavy atom. The second-order valence-corrected chi connectivity index (χ2v) is 8.03. The lowest BCUT2D eigenvalue weighted by Gasteiger charge is -2.40. The van der Waals surface area contributed by atoms with Crippen molar-refractivity contribution in [3.05, 3.63) is 54.1 Å². The first-order valence-corrected chi connectivity index (χ1v) is 9.67. The predicted octanol–water partition coefficient (Wildman–Crippen LogP) is 2.95. The van der Waals surface area contributed by atoms with Gasteiger partial charge in [-0.05, 0) is 49.8 Å². The van der Waals surface area contributed by atoms with E-state index in [-0.39, 0.29) is 0 Å². The summed E-state index contributed by atoms with van der Waals surface area (Å²) < 4.78 is 2.15. The summed E-state index contributed by atoms with van der Waals surface area (Å²) in [4.78, 5) is 9.82. The third-order valence-electron chi connectivity index (χ3n) is 6.10. The normalized spacial score (nSPS) is 25.0. The molecule has 3 heterocycles. The van der Waals surface area contributed by atoms with Crippen LogP contribution >= 0.6 is 0 Å². The van der Waals surface area contributed by atoms with Gasteiger partial charge in [-0.3, -0.25) is 4.90 Å². The molecule has 0 amide bonds. The van der Waals surface area contributed by atoms with Gasteiger partial charge in [-0.2, -0.15) is 0 Å². The van der Waals surface area contributed by atoms with Crippen molar-refractivity contribution in [1.82, 2.24) is 19.4 Å². The van der Waals surface area contributed by atoms with Crippen LogP contribution in [0.25, 0.3) is 0 Å². The molecule has 2 saturated heterocycles. The monoisotopic (exact) mass is 338 g/mol. The summed E-state index contributed by atoms with van der Waals surface area (Å²) in [5.41, 5.74) is 1.98. The van der Waals surface area contributed by atoms with Crippen molar-refractivity contribution in [1.29, 1.82) is 0 Å². The fourth-order valence-corrected chi connectivity index (χ4v) is 4.68. The minimum atomic E-state index is 0.514. The highest BCUT2D eigenvalue weighted by atomic mass is 15.2. The zero-order valence-electron chi connectivity index (χ0n) is 15.4. The molecule has 0 radical (unpaired) electrons. The Hall–Kier alpha value is -1.65. The van der Waals surface area contributed by atoms with Gasteiger partial charge in [0.15, 0.2) is 0 Å². The molecule has 1 atom stereocenters. The third-order valence-corrected chi connectivity index (χ3v) is 6.10. The lowest BCUT2D eigenvalue weighted by molar-refractivity contribution is 0.0924. The van der Waals surface area contributed by atoms with Crippen molar-refractivity contribution < 1.29 is 0 Å². The molecule has 1 aromatic carbocycles. The highest BCUT2D eigenvalue weighted by Gasteiger charge is 2.41. The van der Waals surface area contributed by atoms with Crippen LogP contribution < -0.4 is 0 Å². The van der Waals surface area contributed by atoms with Crippen LogP contribution in [0.1, 0.15) is 30.7 Å². The minimum absolute atomic E-state index is 0.514. The van der Waals surface area contributed by atoms with Gasteiger partial charge in [0.1, 0.15) is 5.82 Å². The highest BCUT2D eigenvalue weighted by molar-refractivity contribution is 5.15. The fraction of sp³-hybridized carbons (Fsp3) is 0.571. The molecule has 2 aromatic rings. The average molecular weight is 338 g/mol. The van der Waals surface area contributed by atoms with E-state index in [1.165, 1.54) is 69.8 Å². The van der Waals surface area contributed by atoms with Gasteiger partial charge in [-0.1, -0.05) is 30.3 Å². The first-order chi connectivity index (χ1) is 12.2. The minimum Gasteiger partial charge on any atom is -0.337 e. The number of aromatic nitrogens is 2. The van der Waals surface area contributed by atoms with E-state index in [0.29, 0.717) is 5.41 Å². The van der Waals surface area contributed by atoms with E-state index in [4.69, 9.17) is 0 Å². The summed E-state index contributed by atoms with van der Waals surface area (Å²) in [6.07, 6.45) is 9.23. The molecule has 4 rings (SSSR count). The van der Waals surface area contributed by atoms with Gasteiger partial charge in [-0.25, -0.2) is 4.98 Å². The van der Waals surface area contributed by atoms with Gasteiger partial charge in [0.05, 0.1) is 6.54 Å². The number of imidazole rings is 1. The number of piperidine rings is 1. The summed E-state index contributed by atoms with van der Waals surface area (Å²) in [5.74, 6) is 1.19. The van der Waals surface area contributed by atoms with Gasteiger partial charge in [0, 0.05) is 39.1 Å². The molecule has 134 valence electrons. The molecule has 0 saturated carbocycles. The van der Waals surface area contributed by atoms with E-state index in [9.17, 15) is 0 Å². The number of hydrogen-bond acceptors (Lipinski definition) is 3. The topological polar surface area (TPSA) is 24.3 Å². The molecule has 2 aliphatic heterocycles. The van der Waals surface area contributed by atoms with Crippen molar-refractivity contribution in [2.45, 2.75) is 32.2 Å². The second-order valence-electron chi connectivity index (χ2n) is 8.03. The van der Waals surface area contributed by atoms with Gasteiger partial charge in [-0.15, -0.1) is 0 Å². The van der Waals surface area contributed by atoms with Crippen LogP contribution in [0.5, 0.6) is 0 Å². The number of rotatable bonds is 5. The molecule has 0 aliphatic carbocycles. The molecule has 1 aromatic heterocycles. The van der Waals surface area contributed by atoms with E-state index in [1.54, 1.807) is 0 Å². The lowest BCUT2D eigenvalue weighted by atomic mass is 9.79. The number of nitrogens with zero attached hydrogens (tertiary/aromatic N) is 4. The Morgan fingerprint density at radius 1 is 1.04 bits per heavy atom. The molecule has 25 heavy (non-hydrogen) atoms. The Morgan fingerprint density at radius 2 is 1.88 bits per heavy atom. The molecule has 4 heteroatoms. The molecule has 1 spiro atoms. The average Bonchev–Trinajstić information content (AvgIpc) is 3.21. The maximum Gasteiger partial charge on any atom is 0.122 e. The van der Waals surface area contributed by atoms with E-state index >= 15 is 0 Å². The standard InChI is InChI=1S/C21H30N4/c1-23-15-11-22-20(23)16-25-14-10-21(18-25)9-5-12-24(17-21)13-8-19-6-3-2-4-7-19/h2-4,6-7,11,15H,5,8-10,12-14,16-18H2,1H3. The van der Waals surface area contributed by atoms with Crippen LogP contribution in [0.4, 0.5) is 0 Å². The molecule has 4 nitrogen and oxygen atoms in total. The second kappa shape index (κ2) is 7.30. The summed E-state index contributed by atoms with van der Waals surface area (Å²) in [6.45, 7) is 7.20. The first kappa shape index (κ1) is 16.8. The van der Waals surface area contributed by atoms with E-state index < -0.39 is 0 Å². The summed E-state index contributed by atoms with van der Waals surface area (Å²) >= 11 is 0. The van der Waals surface area contributed by atoms with Gasteiger partial charge < -0.3 is 9.47 Å². The molecule has 2 fully saturated rings. The van der Waals surface area contributed by atoms with Gasteiger partial charge >= 0.3 is 0 Å². The van der Waals surface area contributed by atoms with Crippen LogP contribution in [0.15, 0.2) is 42.7 Å². The first-order valence-electron chi connectivity index (χ1n) is 9.67. The van der Waals surface area contributed by atoms with E-state index in [2.05, 4.69) is 56.7 Å². The van der Waals surface area contributed by atoms with E-state index in [1.807, 2.05) is 12.4 Å². The van der Waals surface area contributed by atoms with Crippen molar-refractivity contribution in [2.24, 2.45) is 12.5 Å². The number of benzene rings is 1. The third kappa shape index (κ3) is 3.96. The summed E-state index contributed by atoms with van der Waals surface area (Å²) in [7, 11) is 2.10. The number of hydrogen-bond donors (Lipinski definition) is 0. The van der Waals surface area contributed by atoms with Gasteiger partial charge in [0.2, 0.25) is 0 Å². The highest BCUT2D eigenvalue weighted by Crippen LogP contribution is 2.39. The number of likely N-dealkylation sites (tertiary alicyclic amines) is 2. The maximum atomic E-state index is 4.50. The maximum absolute atomic E-state index is 4.50. The Bertz CT molecular complexity index is 680. The quantitative estimate of drug-likeness (QED) is 0.838. The molecular formula is C21H30N4. The van der Waals surface area contributed by atoms with E-state index in [0.717, 1.165) is 6.54 Å². The van der Waals surface area contributed by atoms with Crippen LogP contribution in [0, 0.1) is 5.41 Å². The van der Waals surface area contributed by atoms with Crippen molar-refractivity contribution in [2.75, 3.05) is 32.7 Å². The zero-order chi connectivity index (χ0) is 17.1. The summed E-state index contributed by atoms with van der Waals surface area (Å²) in [5, 5.41) is 0. The summed E-state index contributed by atoms with van der Waals surface area (Å²) in [6, 6.07) is 10.9. The van der Waals surface area contributed by atoms with Crippen LogP contribution in [0.2, 0.25) is 0 Å². The van der Waals surface area contributed by atoms with Crippen molar-refractivity contribution in [3.63, 3.8) is 0 Å². The number of aryl methyl sites for hydroxylation is 1. The SMILES string of the molecule is Cn1ccnc1CN1CCC2(CCCN(CCc3ccccc3)C2)C1. The largest absolute Gasteiger partial charge is 0.337 e. The molecule has 2 aliphatic rings. The Balaban J connectivity index is 1.32. The molecule has 1 unspecified atom stereocenters. The lowest BCUT2D eigenvalue weighted by Crippen LogP contribution is -2.45. The van der Waals surface area contributed by atoms with Gasteiger partial charge in [0.25, 0.3) is 0 Å². The fourth-order valence-electron chi connectivity index (χ4n) is 4.68. The smallest absolute Gasteiger partial charge is 0.122 e. The zero-order valence-corrected chi connectivity index (χ0v) is 15.4. The van der Waals surface area contributed by atoms with Crippen molar-refractivity contribution >= 4 is 0 Å². The predicted molar refractivity (Wildman–Crippen MR) is 101 cm³/mol. The molecule has 0 N–H and O–H groups in total. The molecular weight excluding hydrogens is 308 g/mol. The Kier molecular flexibility index (Phi) is 4.91.